The van der Waals surface area contributed by atoms with Crippen molar-refractivity contribution < 1.29 is 0 Å². The summed E-state index contributed by atoms with van der Waals surface area (Å²) in [5.41, 5.74) is 18.9. The monoisotopic (exact) mass is 932 g/mol. The van der Waals surface area contributed by atoms with E-state index in [4.69, 9.17) is 0 Å². The van der Waals surface area contributed by atoms with Gasteiger partial charge in [0.1, 0.15) is 0 Å². The minimum Gasteiger partial charge on any atom is -0.330 e. The molecule has 0 saturated carbocycles. The van der Waals surface area contributed by atoms with Crippen molar-refractivity contribution >= 4 is 91.7 Å². The lowest BCUT2D eigenvalue weighted by Crippen LogP contribution is -2.46. The molecule has 2 aliphatic heterocycles. The predicted molar refractivity (Wildman–Crippen MR) is 299 cm³/mol. The molecule has 334 valence electrons. The maximum atomic E-state index is 2.57. The molecule has 10 aromatic carbocycles. The van der Waals surface area contributed by atoms with Crippen LogP contribution in [0.15, 0.2) is 226 Å². The van der Waals surface area contributed by atoms with Crippen molar-refractivity contribution in [3.8, 4) is 22.3 Å². The normalized spacial score (nSPS) is 16.9. The van der Waals surface area contributed by atoms with Gasteiger partial charge in [0, 0.05) is 30.7 Å². The Morgan fingerprint density at radius 2 is 0.971 bits per heavy atom. The van der Waals surface area contributed by atoms with Crippen LogP contribution in [0.4, 0.5) is 28.4 Å². The van der Waals surface area contributed by atoms with Crippen LogP contribution in [-0.2, 0) is 11.8 Å². The zero-order valence-electron chi connectivity index (χ0n) is 39.3. The van der Waals surface area contributed by atoms with E-state index in [1.54, 1.807) is 0 Å². The molecule has 14 rings (SSSR count). The van der Waals surface area contributed by atoms with Crippen molar-refractivity contribution in [2.75, 3.05) is 9.80 Å². The van der Waals surface area contributed by atoms with Crippen LogP contribution in [0.25, 0.3) is 62.0 Å². The van der Waals surface area contributed by atoms with E-state index in [2.05, 4.69) is 255 Å². The van der Waals surface area contributed by atoms with Gasteiger partial charge in [-0.1, -0.05) is 183 Å². The van der Waals surface area contributed by atoms with Crippen LogP contribution in [0.1, 0.15) is 54.2 Å². The minimum absolute atomic E-state index is 0.146. The Kier molecular flexibility index (Phi) is 9.34. The smallest absolute Gasteiger partial charge is 0.0649 e. The zero-order valence-corrected chi connectivity index (χ0v) is 40.9. The number of benzene rings is 10. The summed E-state index contributed by atoms with van der Waals surface area (Å²) in [5, 5.41) is 5.06. The molecule has 4 aliphatic rings. The summed E-state index contributed by atoms with van der Waals surface area (Å²) in [6.45, 7) is 7.15. The highest BCUT2D eigenvalue weighted by Crippen LogP contribution is 2.56. The van der Waals surface area contributed by atoms with Crippen LogP contribution in [-0.4, -0.2) is 5.54 Å². The Hall–Kier alpha value is -7.50. The summed E-state index contributed by atoms with van der Waals surface area (Å²) >= 11 is 3.72. The van der Waals surface area contributed by atoms with E-state index in [-0.39, 0.29) is 11.0 Å². The Bertz CT molecular complexity index is 3810. The first-order valence-corrected chi connectivity index (χ1v) is 26.0. The molecule has 0 spiro atoms. The quantitative estimate of drug-likeness (QED) is 0.159. The van der Waals surface area contributed by atoms with E-state index in [1.807, 2.05) is 23.5 Å². The second kappa shape index (κ2) is 15.8. The van der Waals surface area contributed by atoms with E-state index in [1.165, 1.54) is 125 Å². The summed E-state index contributed by atoms with van der Waals surface area (Å²) in [5.74, 6) is 0. The molecule has 0 saturated heterocycles. The Morgan fingerprint density at radius 3 is 1.66 bits per heavy atom. The highest BCUT2D eigenvalue weighted by Gasteiger charge is 2.39. The molecule has 70 heavy (non-hydrogen) atoms. The first kappa shape index (κ1) is 41.5. The van der Waals surface area contributed by atoms with Gasteiger partial charge in [-0.15, -0.1) is 0 Å². The SMILES string of the molecule is CC1(C)c2cc(C=Cc3ccc4cc(-c5ccc6c7c(ccc6c5)CC(C)(N5c6ccccc6Sc6ccccc65)C=C7)ccc4c3)ccc2-c2ccc(N3c4ccccc4Sc4ccccc43)cc21. The van der Waals surface area contributed by atoms with Gasteiger partial charge in [0.05, 0.1) is 28.3 Å². The summed E-state index contributed by atoms with van der Waals surface area (Å²) in [4.78, 5) is 10.2. The minimum atomic E-state index is -0.206. The van der Waals surface area contributed by atoms with Gasteiger partial charge in [0.2, 0.25) is 0 Å². The van der Waals surface area contributed by atoms with E-state index in [0.717, 1.165) is 6.42 Å². The Balaban J connectivity index is 0.709. The maximum absolute atomic E-state index is 2.57. The lowest BCUT2D eigenvalue weighted by Gasteiger charge is -2.46. The van der Waals surface area contributed by atoms with E-state index in [0.29, 0.717) is 0 Å². The number of para-hydroxylation sites is 4. The molecule has 4 heteroatoms. The molecule has 2 aliphatic carbocycles. The summed E-state index contributed by atoms with van der Waals surface area (Å²) < 4.78 is 0. The van der Waals surface area contributed by atoms with E-state index < -0.39 is 0 Å². The van der Waals surface area contributed by atoms with Gasteiger partial charge in [0.15, 0.2) is 0 Å². The molecular weight excluding hydrogens is 885 g/mol. The average molecular weight is 933 g/mol. The fourth-order valence-electron chi connectivity index (χ4n) is 11.8. The molecule has 2 nitrogen and oxygen atoms in total. The van der Waals surface area contributed by atoms with Crippen LogP contribution in [0.5, 0.6) is 0 Å². The van der Waals surface area contributed by atoms with Gasteiger partial charge in [-0.05, 0) is 169 Å². The number of hydrogen-bond acceptors (Lipinski definition) is 4. The lowest BCUT2D eigenvalue weighted by atomic mass is 9.80. The van der Waals surface area contributed by atoms with Crippen molar-refractivity contribution in [2.24, 2.45) is 0 Å². The molecule has 0 aromatic heterocycles. The first-order chi connectivity index (χ1) is 34.3. The van der Waals surface area contributed by atoms with Crippen LogP contribution in [0, 0.1) is 0 Å². The highest BCUT2D eigenvalue weighted by molar-refractivity contribution is 8.00. The van der Waals surface area contributed by atoms with Crippen LogP contribution < -0.4 is 9.80 Å². The molecule has 0 fully saturated rings. The topological polar surface area (TPSA) is 6.48 Å². The molecule has 0 bridgehead atoms. The zero-order chi connectivity index (χ0) is 46.7. The molecular formula is C66H48N2S2. The van der Waals surface area contributed by atoms with E-state index >= 15 is 0 Å². The Labute approximate surface area is 418 Å². The second-order valence-corrected chi connectivity index (χ2v) is 22.2. The maximum Gasteiger partial charge on any atom is 0.0649 e. The fourth-order valence-corrected chi connectivity index (χ4v) is 13.9. The predicted octanol–water partition coefficient (Wildman–Crippen LogP) is 18.7. The largest absolute Gasteiger partial charge is 0.330 e. The molecule has 0 N–H and O–H groups in total. The summed E-state index contributed by atoms with van der Waals surface area (Å²) in [7, 11) is 0. The van der Waals surface area contributed by atoms with Crippen LogP contribution >= 0.6 is 23.5 Å². The Morgan fingerprint density at radius 1 is 0.457 bits per heavy atom. The van der Waals surface area contributed by atoms with Gasteiger partial charge in [-0.2, -0.15) is 0 Å². The van der Waals surface area contributed by atoms with Gasteiger partial charge >= 0.3 is 0 Å². The fraction of sp³-hybridized carbons (Fsp3) is 0.0909. The van der Waals surface area contributed by atoms with Crippen molar-refractivity contribution in [1.29, 1.82) is 0 Å². The van der Waals surface area contributed by atoms with Gasteiger partial charge in [-0.25, -0.2) is 0 Å². The van der Waals surface area contributed by atoms with Gasteiger partial charge in [-0.3, -0.25) is 0 Å². The summed E-state index contributed by atoms with van der Waals surface area (Å²) in [6.07, 6.45) is 10.3. The number of fused-ring (bicyclic) bond motifs is 11. The number of anilines is 5. The molecule has 2 heterocycles. The number of rotatable bonds is 5. The molecule has 1 atom stereocenters. The van der Waals surface area contributed by atoms with Crippen LogP contribution in [0.2, 0.25) is 0 Å². The number of hydrogen-bond donors (Lipinski definition) is 0. The van der Waals surface area contributed by atoms with E-state index in [9.17, 15) is 0 Å². The van der Waals surface area contributed by atoms with Gasteiger partial charge in [0.25, 0.3) is 0 Å². The standard InChI is InChI=1S/C66H48N2S2/c1-65(2)55-37-43(23-31-53(55)54-33-30-50(40-56(54)65)67-57-12-4-8-16-61(57)69-62-17-9-5-13-58(62)67)21-20-42-22-24-45-38-46(26-25-44(45)36-42)47-29-32-51-48(39-47)27-28-49-41-66(3,35-34-52(49)51)68-59-14-6-10-18-63(59)70-64-19-11-7-15-60(64)68/h4-40H,41H2,1-3H3. The van der Waals surface area contributed by atoms with Gasteiger partial charge < -0.3 is 9.80 Å². The average Bonchev–Trinajstić information content (AvgIpc) is 3.62. The second-order valence-electron chi connectivity index (χ2n) is 20.0. The number of nitrogens with zero attached hydrogens (tertiary/aromatic N) is 2. The molecule has 0 radical (unpaired) electrons. The molecule has 0 amide bonds. The third-order valence-electron chi connectivity index (χ3n) is 15.3. The first-order valence-electron chi connectivity index (χ1n) is 24.3. The van der Waals surface area contributed by atoms with Crippen molar-refractivity contribution in [3.05, 3.63) is 240 Å². The third kappa shape index (κ3) is 6.57. The van der Waals surface area contributed by atoms with Crippen molar-refractivity contribution in [2.45, 2.75) is 57.7 Å². The van der Waals surface area contributed by atoms with Crippen molar-refractivity contribution in [1.82, 2.24) is 0 Å². The molecule has 1 unspecified atom stereocenters. The van der Waals surface area contributed by atoms with Crippen molar-refractivity contribution in [3.63, 3.8) is 0 Å². The highest BCUT2D eigenvalue weighted by atomic mass is 32.2. The lowest BCUT2D eigenvalue weighted by molar-refractivity contribution is 0.554. The molecule has 10 aromatic rings. The summed E-state index contributed by atoms with van der Waals surface area (Å²) in [6, 6.07) is 74.7. The van der Waals surface area contributed by atoms with Crippen LogP contribution in [0.3, 0.4) is 0 Å². The third-order valence-corrected chi connectivity index (χ3v) is 17.6.